The highest BCUT2D eigenvalue weighted by Crippen LogP contribution is 2.37. The molecule has 0 aromatic heterocycles. The molecule has 1 fully saturated rings. The van der Waals surface area contributed by atoms with Gasteiger partial charge in [0.15, 0.2) is 6.61 Å². The van der Waals surface area contributed by atoms with Gasteiger partial charge in [-0.15, -0.1) is 0 Å². The SMILES string of the molecule is CC1CCC(Nc2cc3c(cc2N)OCC(=O)N3)CC1C. The molecule has 1 aromatic rings. The summed E-state index contributed by atoms with van der Waals surface area (Å²) < 4.78 is 5.37. The molecule has 1 saturated carbocycles. The second-order valence-corrected chi connectivity index (χ2v) is 6.38. The Morgan fingerprint density at radius 3 is 2.86 bits per heavy atom. The fourth-order valence-corrected chi connectivity index (χ4v) is 3.17. The van der Waals surface area contributed by atoms with Gasteiger partial charge in [-0.1, -0.05) is 13.8 Å². The van der Waals surface area contributed by atoms with Crippen molar-refractivity contribution in [2.24, 2.45) is 11.8 Å². The Bertz CT molecular complexity index is 559. The first kappa shape index (κ1) is 14.0. The Morgan fingerprint density at radius 2 is 2.10 bits per heavy atom. The van der Waals surface area contributed by atoms with E-state index in [9.17, 15) is 4.79 Å². The predicted octanol–water partition coefficient (Wildman–Crippen LogP) is 2.84. The van der Waals surface area contributed by atoms with Crippen molar-refractivity contribution in [1.82, 2.24) is 0 Å². The lowest BCUT2D eigenvalue weighted by atomic mass is 9.79. The lowest BCUT2D eigenvalue weighted by Gasteiger charge is -2.33. The zero-order valence-corrected chi connectivity index (χ0v) is 12.6. The Kier molecular flexibility index (Phi) is 3.66. The summed E-state index contributed by atoms with van der Waals surface area (Å²) in [6, 6.07) is 4.10. The minimum atomic E-state index is -0.127. The van der Waals surface area contributed by atoms with Crippen LogP contribution in [0.2, 0.25) is 0 Å². The molecule has 0 spiro atoms. The number of ether oxygens (including phenoxy) is 1. The third kappa shape index (κ3) is 2.91. The summed E-state index contributed by atoms with van der Waals surface area (Å²) in [7, 11) is 0. The molecule has 1 aromatic carbocycles. The average Bonchev–Trinajstić information content (AvgIpc) is 2.44. The van der Waals surface area contributed by atoms with Crippen LogP contribution in [0.15, 0.2) is 12.1 Å². The number of anilines is 3. The lowest BCUT2D eigenvalue weighted by Crippen LogP contribution is -2.31. The first-order chi connectivity index (χ1) is 10.0. The minimum absolute atomic E-state index is 0.0528. The predicted molar refractivity (Wildman–Crippen MR) is 84.6 cm³/mol. The van der Waals surface area contributed by atoms with Gasteiger partial charge in [0.2, 0.25) is 0 Å². The largest absolute Gasteiger partial charge is 0.482 e. The van der Waals surface area contributed by atoms with E-state index < -0.39 is 0 Å². The summed E-state index contributed by atoms with van der Waals surface area (Å²) in [5, 5.41) is 6.35. The molecule has 114 valence electrons. The van der Waals surface area contributed by atoms with E-state index in [2.05, 4.69) is 24.5 Å². The smallest absolute Gasteiger partial charge is 0.262 e. The van der Waals surface area contributed by atoms with E-state index in [0.717, 1.165) is 30.4 Å². The normalized spacial score (nSPS) is 28.3. The van der Waals surface area contributed by atoms with E-state index in [4.69, 9.17) is 10.5 Å². The molecular formula is C16H23N3O2. The van der Waals surface area contributed by atoms with E-state index in [-0.39, 0.29) is 12.5 Å². The van der Waals surface area contributed by atoms with Gasteiger partial charge < -0.3 is 21.1 Å². The number of hydrogen-bond donors (Lipinski definition) is 3. The molecule has 5 heteroatoms. The van der Waals surface area contributed by atoms with Crippen molar-refractivity contribution in [2.45, 2.75) is 39.2 Å². The quantitative estimate of drug-likeness (QED) is 0.732. The second kappa shape index (κ2) is 5.47. The van der Waals surface area contributed by atoms with Gasteiger partial charge in [-0.05, 0) is 37.2 Å². The van der Waals surface area contributed by atoms with Crippen LogP contribution in [0.5, 0.6) is 5.75 Å². The standard InChI is InChI=1S/C16H23N3O2/c1-9-3-4-11(5-10(9)2)18-13-7-14-15(6-12(13)17)21-8-16(20)19-14/h6-7,9-11,18H,3-5,8,17H2,1-2H3,(H,19,20). The molecule has 1 aliphatic carbocycles. The fourth-order valence-electron chi connectivity index (χ4n) is 3.17. The van der Waals surface area contributed by atoms with Gasteiger partial charge in [0.1, 0.15) is 5.75 Å². The highest BCUT2D eigenvalue weighted by atomic mass is 16.5. The second-order valence-electron chi connectivity index (χ2n) is 6.38. The Hall–Kier alpha value is -1.91. The van der Waals surface area contributed by atoms with Crippen LogP contribution in [0, 0.1) is 11.8 Å². The molecule has 21 heavy (non-hydrogen) atoms. The number of carbonyl (C=O) groups excluding carboxylic acids is 1. The minimum Gasteiger partial charge on any atom is -0.482 e. The van der Waals surface area contributed by atoms with Crippen LogP contribution in [0.25, 0.3) is 0 Å². The Labute approximate surface area is 125 Å². The van der Waals surface area contributed by atoms with Gasteiger partial charge >= 0.3 is 0 Å². The first-order valence-electron chi connectivity index (χ1n) is 7.65. The highest BCUT2D eigenvalue weighted by Gasteiger charge is 2.25. The van der Waals surface area contributed by atoms with Crippen molar-refractivity contribution in [3.8, 4) is 5.75 Å². The van der Waals surface area contributed by atoms with Crippen LogP contribution in [-0.2, 0) is 4.79 Å². The van der Waals surface area contributed by atoms with Crippen molar-refractivity contribution in [2.75, 3.05) is 23.0 Å². The molecule has 0 bridgehead atoms. The van der Waals surface area contributed by atoms with Crippen LogP contribution < -0.4 is 21.1 Å². The molecule has 0 saturated heterocycles. The van der Waals surface area contributed by atoms with Crippen LogP contribution in [-0.4, -0.2) is 18.6 Å². The number of rotatable bonds is 2. The van der Waals surface area contributed by atoms with Gasteiger partial charge in [-0.25, -0.2) is 0 Å². The summed E-state index contributed by atoms with van der Waals surface area (Å²) in [5.74, 6) is 2.02. The third-order valence-corrected chi connectivity index (χ3v) is 4.74. The summed E-state index contributed by atoms with van der Waals surface area (Å²) in [6.07, 6.45) is 3.55. The van der Waals surface area contributed by atoms with Crippen LogP contribution in [0.1, 0.15) is 33.1 Å². The summed E-state index contributed by atoms with van der Waals surface area (Å²) >= 11 is 0. The number of nitrogens with one attached hydrogen (secondary N) is 2. The molecule has 3 unspecified atom stereocenters. The molecule has 1 amide bonds. The maximum Gasteiger partial charge on any atom is 0.262 e. The molecule has 3 atom stereocenters. The van der Waals surface area contributed by atoms with Crippen molar-refractivity contribution in [3.63, 3.8) is 0 Å². The molecule has 2 aliphatic rings. The highest BCUT2D eigenvalue weighted by molar-refractivity contribution is 5.97. The summed E-state index contributed by atoms with van der Waals surface area (Å²) in [4.78, 5) is 11.4. The number of carbonyl (C=O) groups is 1. The molecule has 3 rings (SSSR count). The Balaban J connectivity index is 1.76. The fraction of sp³-hybridized carbons (Fsp3) is 0.562. The number of nitrogen functional groups attached to an aromatic ring is 1. The Morgan fingerprint density at radius 1 is 1.29 bits per heavy atom. The number of nitrogens with two attached hydrogens (primary N) is 1. The van der Waals surface area contributed by atoms with Gasteiger partial charge in [-0.2, -0.15) is 0 Å². The average molecular weight is 289 g/mol. The zero-order chi connectivity index (χ0) is 15.0. The van der Waals surface area contributed by atoms with Crippen molar-refractivity contribution in [1.29, 1.82) is 0 Å². The number of hydrogen-bond acceptors (Lipinski definition) is 4. The molecule has 1 heterocycles. The van der Waals surface area contributed by atoms with Crippen molar-refractivity contribution >= 4 is 23.0 Å². The maximum atomic E-state index is 11.4. The summed E-state index contributed by atoms with van der Waals surface area (Å²) in [6.45, 7) is 4.68. The molecular weight excluding hydrogens is 266 g/mol. The van der Waals surface area contributed by atoms with E-state index in [0.29, 0.717) is 23.2 Å². The van der Waals surface area contributed by atoms with Gasteiger partial charge in [0.05, 0.1) is 17.1 Å². The summed E-state index contributed by atoms with van der Waals surface area (Å²) in [5.41, 5.74) is 8.34. The zero-order valence-electron chi connectivity index (χ0n) is 12.6. The van der Waals surface area contributed by atoms with Crippen molar-refractivity contribution in [3.05, 3.63) is 12.1 Å². The monoisotopic (exact) mass is 289 g/mol. The number of amides is 1. The number of fused-ring (bicyclic) bond motifs is 1. The lowest BCUT2D eigenvalue weighted by molar-refractivity contribution is -0.118. The third-order valence-electron chi connectivity index (χ3n) is 4.74. The molecule has 1 aliphatic heterocycles. The van der Waals surface area contributed by atoms with Crippen molar-refractivity contribution < 1.29 is 9.53 Å². The molecule has 4 N–H and O–H groups in total. The van der Waals surface area contributed by atoms with Crippen LogP contribution in [0.3, 0.4) is 0 Å². The topological polar surface area (TPSA) is 76.4 Å². The molecule has 5 nitrogen and oxygen atoms in total. The van der Waals surface area contributed by atoms with Gasteiger partial charge in [0, 0.05) is 12.1 Å². The van der Waals surface area contributed by atoms with Gasteiger partial charge in [0.25, 0.3) is 5.91 Å². The van der Waals surface area contributed by atoms with Crippen LogP contribution in [0.4, 0.5) is 17.1 Å². The van der Waals surface area contributed by atoms with Gasteiger partial charge in [-0.3, -0.25) is 4.79 Å². The maximum absolute atomic E-state index is 11.4. The number of benzene rings is 1. The van der Waals surface area contributed by atoms with E-state index >= 15 is 0 Å². The molecule has 0 radical (unpaired) electrons. The van der Waals surface area contributed by atoms with E-state index in [1.54, 1.807) is 6.07 Å². The van der Waals surface area contributed by atoms with Crippen LogP contribution >= 0.6 is 0 Å². The first-order valence-corrected chi connectivity index (χ1v) is 7.65. The van der Waals surface area contributed by atoms with E-state index in [1.165, 1.54) is 6.42 Å². The van der Waals surface area contributed by atoms with E-state index in [1.807, 2.05) is 6.07 Å².